The molecule has 1 heterocycles. The first-order valence-electron chi connectivity index (χ1n) is 4.95. The zero-order valence-corrected chi connectivity index (χ0v) is 11.3. The summed E-state index contributed by atoms with van der Waals surface area (Å²) >= 11 is 15.5. The van der Waals surface area contributed by atoms with E-state index < -0.39 is 0 Å². The van der Waals surface area contributed by atoms with Crippen molar-refractivity contribution in [3.63, 3.8) is 0 Å². The van der Waals surface area contributed by atoms with Gasteiger partial charge in [-0.1, -0.05) is 45.2 Å². The first-order valence-corrected chi connectivity index (χ1v) is 6.62. The molecule has 1 atom stereocenters. The summed E-state index contributed by atoms with van der Waals surface area (Å²) in [5.74, 6) is 0. The van der Waals surface area contributed by atoms with Gasteiger partial charge < -0.3 is 0 Å². The number of hydrogen-bond donors (Lipinski definition) is 0. The fraction of sp³-hybridized carbons (Fsp3) is 0.455. The lowest BCUT2D eigenvalue weighted by Gasteiger charge is -2.15. The summed E-state index contributed by atoms with van der Waals surface area (Å²) in [5.41, 5.74) is 1.23. The van der Waals surface area contributed by atoms with Crippen LogP contribution < -0.4 is 0 Å². The molecule has 0 saturated carbocycles. The zero-order valence-electron chi connectivity index (χ0n) is 8.22. The van der Waals surface area contributed by atoms with E-state index in [1.165, 1.54) is 12.0 Å². The van der Waals surface area contributed by atoms with Crippen molar-refractivity contribution in [2.24, 2.45) is 0 Å². The predicted octanol–water partition coefficient (Wildman–Crippen LogP) is 3.96. The highest BCUT2D eigenvalue weighted by Gasteiger charge is 2.19. The van der Waals surface area contributed by atoms with E-state index in [2.05, 4.69) is 20.8 Å². The molecule has 1 aliphatic rings. The number of benzene rings is 1. The Kier molecular flexibility index (Phi) is 3.94. The Balaban J connectivity index is 2.02. The van der Waals surface area contributed by atoms with Crippen LogP contribution in [-0.4, -0.2) is 22.8 Å². The first kappa shape index (κ1) is 11.7. The van der Waals surface area contributed by atoms with E-state index in [1.807, 2.05) is 18.2 Å². The minimum atomic E-state index is 0.625. The quantitative estimate of drug-likeness (QED) is 0.747. The van der Waals surface area contributed by atoms with Gasteiger partial charge in [0.15, 0.2) is 0 Å². The summed E-state index contributed by atoms with van der Waals surface area (Å²) in [4.78, 5) is 3.05. The summed E-state index contributed by atoms with van der Waals surface area (Å²) in [6.45, 7) is 3.22. The van der Waals surface area contributed by atoms with Crippen molar-refractivity contribution in [1.82, 2.24) is 4.90 Å². The van der Waals surface area contributed by atoms with Gasteiger partial charge in [0.05, 0.1) is 10.0 Å². The zero-order chi connectivity index (χ0) is 10.8. The molecule has 0 aromatic heterocycles. The van der Waals surface area contributed by atoms with E-state index in [4.69, 9.17) is 23.2 Å². The van der Waals surface area contributed by atoms with E-state index in [0.29, 0.717) is 14.9 Å². The molecule has 0 N–H and O–H groups in total. The highest BCUT2D eigenvalue weighted by atomic mass is 79.9. The van der Waals surface area contributed by atoms with E-state index in [0.717, 1.165) is 19.6 Å². The van der Waals surface area contributed by atoms with Crippen LogP contribution in [0.3, 0.4) is 0 Å². The molecule has 1 saturated heterocycles. The van der Waals surface area contributed by atoms with Crippen LogP contribution in [0.5, 0.6) is 0 Å². The van der Waals surface area contributed by atoms with Crippen molar-refractivity contribution in [2.75, 3.05) is 13.1 Å². The largest absolute Gasteiger partial charge is 0.298 e. The van der Waals surface area contributed by atoms with Crippen LogP contribution in [0.15, 0.2) is 18.2 Å². The summed E-state index contributed by atoms with van der Waals surface area (Å²) < 4.78 is 0. The lowest BCUT2D eigenvalue weighted by atomic mass is 10.2. The van der Waals surface area contributed by atoms with Crippen LogP contribution >= 0.6 is 39.1 Å². The van der Waals surface area contributed by atoms with Gasteiger partial charge in [0.2, 0.25) is 0 Å². The molecular formula is C11H12BrCl2N. The third kappa shape index (κ3) is 3.10. The Morgan fingerprint density at radius 2 is 2.13 bits per heavy atom. The Bertz CT molecular complexity index is 356. The molecule has 1 unspecified atom stereocenters. The van der Waals surface area contributed by atoms with Crippen LogP contribution in [0.2, 0.25) is 10.0 Å². The molecule has 1 aromatic carbocycles. The van der Waals surface area contributed by atoms with Gasteiger partial charge in [-0.15, -0.1) is 0 Å². The fourth-order valence-electron chi connectivity index (χ4n) is 1.83. The van der Waals surface area contributed by atoms with E-state index >= 15 is 0 Å². The minimum absolute atomic E-state index is 0.625. The standard InChI is InChI=1S/C11H12BrCl2N/c12-9-3-4-15(7-9)6-8-1-2-10(13)11(14)5-8/h1-2,5,9H,3-4,6-7H2. The second kappa shape index (κ2) is 5.05. The molecule has 1 aromatic rings. The molecule has 0 spiro atoms. The van der Waals surface area contributed by atoms with Crippen LogP contribution in [0.4, 0.5) is 0 Å². The molecule has 0 bridgehead atoms. The predicted molar refractivity (Wildman–Crippen MR) is 69.1 cm³/mol. The van der Waals surface area contributed by atoms with Crippen molar-refractivity contribution in [1.29, 1.82) is 0 Å². The molecule has 0 radical (unpaired) electrons. The number of likely N-dealkylation sites (tertiary alicyclic amines) is 1. The SMILES string of the molecule is Clc1ccc(CN2CCC(Br)C2)cc1Cl. The molecule has 0 amide bonds. The van der Waals surface area contributed by atoms with E-state index in [9.17, 15) is 0 Å². The topological polar surface area (TPSA) is 3.24 Å². The maximum absolute atomic E-state index is 5.97. The van der Waals surface area contributed by atoms with Crippen LogP contribution in [0.1, 0.15) is 12.0 Å². The normalized spacial score (nSPS) is 22.2. The smallest absolute Gasteiger partial charge is 0.0595 e. The Morgan fingerprint density at radius 1 is 1.33 bits per heavy atom. The number of alkyl halides is 1. The third-order valence-corrected chi connectivity index (χ3v) is 4.09. The Morgan fingerprint density at radius 3 is 2.73 bits per heavy atom. The average molecular weight is 309 g/mol. The first-order chi connectivity index (χ1) is 7.15. The molecule has 1 aliphatic heterocycles. The van der Waals surface area contributed by atoms with Crippen molar-refractivity contribution >= 4 is 39.1 Å². The summed E-state index contributed by atoms with van der Waals surface area (Å²) in [7, 11) is 0. The number of halogens is 3. The average Bonchev–Trinajstić information content (AvgIpc) is 2.58. The molecule has 15 heavy (non-hydrogen) atoms. The maximum Gasteiger partial charge on any atom is 0.0595 e. The van der Waals surface area contributed by atoms with E-state index in [-0.39, 0.29) is 0 Å². The molecule has 2 rings (SSSR count). The fourth-order valence-corrected chi connectivity index (χ4v) is 2.76. The number of rotatable bonds is 2. The van der Waals surface area contributed by atoms with Crippen LogP contribution in [0.25, 0.3) is 0 Å². The van der Waals surface area contributed by atoms with Gasteiger partial charge in [0.25, 0.3) is 0 Å². The molecule has 1 fully saturated rings. The molecule has 4 heteroatoms. The second-order valence-corrected chi connectivity index (χ2v) is 5.98. The van der Waals surface area contributed by atoms with E-state index in [1.54, 1.807) is 0 Å². The highest BCUT2D eigenvalue weighted by Crippen LogP contribution is 2.24. The summed E-state index contributed by atoms with van der Waals surface area (Å²) in [6, 6.07) is 5.85. The van der Waals surface area contributed by atoms with Crippen molar-refractivity contribution in [3.8, 4) is 0 Å². The van der Waals surface area contributed by atoms with Crippen molar-refractivity contribution in [2.45, 2.75) is 17.8 Å². The molecule has 0 aliphatic carbocycles. The summed E-state index contributed by atoms with van der Waals surface area (Å²) in [5, 5.41) is 1.27. The minimum Gasteiger partial charge on any atom is -0.298 e. The van der Waals surface area contributed by atoms with Gasteiger partial charge in [-0.3, -0.25) is 4.90 Å². The van der Waals surface area contributed by atoms with Gasteiger partial charge in [-0.2, -0.15) is 0 Å². The molecule has 82 valence electrons. The van der Waals surface area contributed by atoms with Crippen LogP contribution in [0, 0.1) is 0 Å². The molecule has 1 nitrogen and oxygen atoms in total. The number of hydrogen-bond acceptors (Lipinski definition) is 1. The summed E-state index contributed by atoms with van der Waals surface area (Å²) in [6.07, 6.45) is 1.22. The lowest BCUT2D eigenvalue weighted by Crippen LogP contribution is -2.19. The second-order valence-electron chi connectivity index (χ2n) is 3.87. The number of nitrogens with zero attached hydrogens (tertiary/aromatic N) is 1. The Labute approximate surface area is 108 Å². The van der Waals surface area contributed by atoms with Gasteiger partial charge in [0, 0.05) is 17.9 Å². The monoisotopic (exact) mass is 307 g/mol. The van der Waals surface area contributed by atoms with Gasteiger partial charge >= 0.3 is 0 Å². The van der Waals surface area contributed by atoms with Gasteiger partial charge in [-0.25, -0.2) is 0 Å². The highest BCUT2D eigenvalue weighted by molar-refractivity contribution is 9.09. The third-order valence-electron chi connectivity index (χ3n) is 2.61. The van der Waals surface area contributed by atoms with Crippen molar-refractivity contribution in [3.05, 3.63) is 33.8 Å². The van der Waals surface area contributed by atoms with Crippen LogP contribution in [-0.2, 0) is 6.54 Å². The lowest BCUT2D eigenvalue weighted by molar-refractivity contribution is 0.332. The van der Waals surface area contributed by atoms with Gasteiger partial charge in [-0.05, 0) is 30.7 Å². The van der Waals surface area contributed by atoms with Crippen molar-refractivity contribution < 1.29 is 0 Å². The Hall–Kier alpha value is 0.240. The molecular weight excluding hydrogens is 297 g/mol. The maximum atomic E-state index is 5.97. The van der Waals surface area contributed by atoms with Gasteiger partial charge in [0.1, 0.15) is 0 Å².